The lowest BCUT2D eigenvalue weighted by atomic mass is 9.94. The Morgan fingerprint density at radius 3 is 2.41 bits per heavy atom. The second-order valence-electron chi connectivity index (χ2n) is 7.69. The van der Waals surface area contributed by atoms with Crippen molar-refractivity contribution in [2.75, 3.05) is 19.7 Å². The van der Waals surface area contributed by atoms with Crippen molar-refractivity contribution in [2.45, 2.75) is 51.8 Å². The van der Waals surface area contributed by atoms with E-state index in [4.69, 9.17) is 9.47 Å². The number of benzene rings is 1. The molecule has 27 heavy (non-hydrogen) atoms. The van der Waals surface area contributed by atoms with Gasteiger partial charge in [-0.3, -0.25) is 0 Å². The minimum atomic E-state index is -4.46. The zero-order valence-corrected chi connectivity index (χ0v) is 17.3. The smallest absolute Gasteiger partial charge is 0.420 e. The van der Waals surface area contributed by atoms with E-state index in [-0.39, 0.29) is 18.4 Å². The third-order valence-corrected chi connectivity index (χ3v) is 4.79. The van der Waals surface area contributed by atoms with Crippen LogP contribution < -0.4 is 4.74 Å². The molecule has 0 aliphatic carbocycles. The van der Waals surface area contributed by atoms with Crippen LogP contribution in [0.15, 0.2) is 22.7 Å². The van der Waals surface area contributed by atoms with E-state index in [2.05, 4.69) is 15.9 Å². The normalized spacial score (nSPS) is 16.3. The van der Waals surface area contributed by atoms with E-state index in [1.165, 1.54) is 12.1 Å². The molecule has 0 saturated carbocycles. The third kappa shape index (κ3) is 6.90. The highest BCUT2D eigenvalue weighted by molar-refractivity contribution is 9.10. The maximum atomic E-state index is 13.1. The zero-order chi connectivity index (χ0) is 20.2. The molecule has 1 saturated heterocycles. The number of hydrogen-bond acceptors (Lipinski definition) is 3. The lowest BCUT2D eigenvalue weighted by molar-refractivity contribution is -0.139. The highest BCUT2D eigenvalue weighted by atomic mass is 79.9. The summed E-state index contributed by atoms with van der Waals surface area (Å²) in [6.45, 7) is 6.87. The largest absolute Gasteiger partial charge is 0.493 e. The van der Waals surface area contributed by atoms with Gasteiger partial charge in [0.2, 0.25) is 0 Å². The molecule has 1 aromatic carbocycles. The molecule has 1 amide bonds. The fourth-order valence-corrected chi connectivity index (χ4v) is 3.28. The van der Waals surface area contributed by atoms with Crippen LogP contribution in [0.2, 0.25) is 0 Å². The average molecular weight is 452 g/mol. The minimum absolute atomic E-state index is 0.156. The van der Waals surface area contributed by atoms with Gasteiger partial charge in [0.25, 0.3) is 0 Å². The van der Waals surface area contributed by atoms with Crippen LogP contribution in [-0.2, 0) is 10.9 Å². The summed E-state index contributed by atoms with van der Waals surface area (Å²) in [5.41, 5.74) is -1.31. The molecule has 0 bridgehead atoms. The summed E-state index contributed by atoms with van der Waals surface area (Å²) in [7, 11) is 0. The molecule has 1 heterocycles. The van der Waals surface area contributed by atoms with Gasteiger partial charge in [-0.25, -0.2) is 4.79 Å². The molecular weight excluding hydrogens is 427 g/mol. The highest BCUT2D eigenvalue weighted by Gasteiger charge is 2.34. The molecular formula is C19H25BrF3NO3. The number of alkyl halides is 3. The Hall–Kier alpha value is -1.44. The summed E-state index contributed by atoms with van der Waals surface area (Å²) in [6, 6.07) is 3.89. The quantitative estimate of drug-likeness (QED) is 0.573. The van der Waals surface area contributed by atoms with Gasteiger partial charge in [-0.2, -0.15) is 13.2 Å². The highest BCUT2D eigenvalue weighted by Crippen LogP contribution is 2.38. The summed E-state index contributed by atoms with van der Waals surface area (Å²) in [6.07, 6.45) is -2.56. The van der Waals surface area contributed by atoms with Gasteiger partial charge < -0.3 is 14.4 Å². The van der Waals surface area contributed by atoms with E-state index in [0.717, 1.165) is 18.9 Å². The Bertz CT molecular complexity index is 651. The number of nitrogens with zero attached hydrogens (tertiary/aromatic N) is 1. The van der Waals surface area contributed by atoms with Crippen LogP contribution in [0.5, 0.6) is 5.75 Å². The zero-order valence-electron chi connectivity index (χ0n) is 15.7. The van der Waals surface area contributed by atoms with Crippen molar-refractivity contribution in [3.05, 3.63) is 28.2 Å². The molecule has 1 fully saturated rings. The van der Waals surface area contributed by atoms with Crippen molar-refractivity contribution in [3.63, 3.8) is 0 Å². The number of hydrogen-bond donors (Lipinski definition) is 0. The Morgan fingerprint density at radius 1 is 1.22 bits per heavy atom. The summed E-state index contributed by atoms with van der Waals surface area (Å²) in [5.74, 6) is 0.158. The van der Waals surface area contributed by atoms with Crippen LogP contribution in [0.25, 0.3) is 0 Å². The Morgan fingerprint density at radius 2 is 1.85 bits per heavy atom. The number of amides is 1. The Labute approximate surface area is 166 Å². The van der Waals surface area contributed by atoms with Crippen molar-refractivity contribution in [1.29, 1.82) is 0 Å². The first kappa shape index (κ1) is 21.9. The number of ether oxygens (including phenoxy) is 2. The van der Waals surface area contributed by atoms with Gasteiger partial charge in [-0.1, -0.05) is 15.9 Å². The molecule has 1 aromatic rings. The first-order valence-electron chi connectivity index (χ1n) is 8.93. The van der Waals surface area contributed by atoms with Crippen molar-refractivity contribution in [3.8, 4) is 5.75 Å². The molecule has 152 valence electrons. The van der Waals surface area contributed by atoms with Crippen LogP contribution in [-0.4, -0.2) is 36.3 Å². The SMILES string of the molecule is CC(C)(C)OC(=O)N1CCC(CCOc2ccc(Br)cc2C(F)(F)F)CC1. The van der Waals surface area contributed by atoms with E-state index in [9.17, 15) is 18.0 Å². The summed E-state index contributed by atoms with van der Waals surface area (Å²) >= 11 is 3.06. The first-order chi connectivity index (χ1) is 12.5. The fraction of sp³-hybridized carbons (Fsp3) is 0.632. The van der Waals surface area contributed by atoms with Crippen LogP contribution in [0.4, 0.5) is 18.0 Å². The second-order valence-corrected chi connectivity index (χ2v) is 8.60. The monoisotopic (exact) mass is 451 g/mol. The van der Waals surface area contributed by atoms with E-state index in [1.807, 2.05) is 20.8 Å². The molecule has 0 radical (unpaired) electrons. The lowest BCUT2D eigenvalue weighted by Crippen LogP contribution is -2.41. The number of carbonyl (C=O) groups is 1. The predicted octanol–water partition coefficient (Wildman–Crippen LogP) is 5.88. The molecule has 8 heteroatoms. The molecule has 4 nitrogen and oxygen atoms in total. The van der Waals surface area contributed by atoms with Gasteiger partial charge in [-0.05, 0) is 64.2 Å². The van der Waals surface area contributed by atoms with Gasteiger partial charge in [0.05, 0.1) is 12.2 Å². The number of halogens is 4. The van der Waals surface area contributed by atoms with E-state index >= 15 is 0 Å². The lowest BCUT2D eigenvalue weighted by Gasteiger charge is -2.33. The molecule has 2 rings (SSSR count). The van der Waals surface area contributed by atoms with Crippen LogP contribution in [0.3, 0.4) is 0 Å². The average Bonchev–Trinajstić information content (AvgIpc) is 2.54. The number of likely N-dealkylation sites (tertiary alicyclic amines) is 1. The van der Waals surface area contributed by atoms with Crippen molar-refractivity contribution >= 4 is 22.0 Å². The van der Waals surface area contributed by atoms with Crippen LogP contribution >= 0.6 is 15.9 Å². The van der Waals surface area contributed by atoms with Gasteiger partial charge >= 0.3 is 12.3 Å². The van der Waals surface area contributed by atoms with Crippen LogP contribution in [0.1, 0.15) is 45.6 Å². The molecule has 1 aliphatic rings. The molecule has 1 aliphatic heterocycles. The van der Waals surface area contributed by atoms with Crippen LogP contribution in [0, 0.1) is 5.92 Å². The Balaban J connectivity index is 1.81. The topological polar surface area (TPSA) is 38.8 Å². The fourth-order valence-electron chi connectivity index (χ4n) is 2.92. The van der Waals surface area contributed by atoms with Gasteiger partial charge in [-0.15, -0.1) is 0 Å². The second kappa shape index (κ2) is 8.71. The number of piperidine rings is 1. The summed E-state index contributed by atoms with van der Waals surface area (Å²) in [5, 5.41) is 0. The molecule has 0 atom stereocenters. The summed E-state index contributed by atoms with van der Waals surface area (Å²) in [4.78, 5) is 13.7. The standard InChI is InChI=1S/C19H25BrF3NO3/c1-18(2,3)27-17(25)24-9-6-13(7-10-24)8-11-26-16-5-4-14(20)12-15(16)19(21,22)23/h4-5,12-13H,6-11H2,1-3H3. The number of carbonyl (C=O) groups excluding carboxylic acids is 1. The predicted molar refractivity (Wildman–Crippen MR) is 99.8 cm³/mol. The molecule has 0 N–H and O–H groups in total. The van der Waals surface area contributed by atoms with Gasteiger partial charge in [0.1, 0.15) is 11.4 Å². The van der Waals surface area contributed by atoms with Gasteiger partial charge in [0.15, 0.2) is 0 Å². The van der Waals surface area contributed by atoms with E-state index in [0.29, 0.717) is 29.9 Å². The minimum Gasteiger partial charge on any atom is -0.493 e. The molecule has 0 unspecified atom stereocenters. The molecule has 0 aromatic heterocycles. The number of rotatable bonds is 4. The van der Waals surface area contributed by atoms with E-state index in [1.54, 1.807) is 4.90 Å². The molecule has 0 spiro atoms. The maximum Gasteiger partial charge on any atom is 0.420 e. The van der Waals surface area contributed by atoms with Crippen molar-refractivity contribution in [2.24, 2.45) is 5.92 Å². The van der Waals surface area contributed by atoms with Gasteiger partial charge in [0, 0.05) is 17.6 Å². The van der Waals surface area contributed by atoms with Crippen molar-refractivity contribution in [1.82, 2.24) is 4.90 Å². The first-order valence-corrected chi connectivity index (χ1v) is 9.72. The maximum absolute atomic E-state index is 13.1. The summed E-state index contributed by atoms with van der Waals surface area (Å²) < 4.78 is 50.4. The Kier molecular flexibility index (Phi) is 7.05. The third-order valence-electron chi connectivity index (χ3n) is 4.30. The van der Waals surface area contributed by atoms with Crippen molar-refractivity contribution < 1.29 is 27.4 Å². The van der Waals surface area contributed by atoms with E-state index < -0.39 is 17.3 Å².